The van der Waals surface area contributed by atoms with Crippen LogP contribution in [0.15, 0.2) is 72.8 Å². The van der Waals surface area contributed by atoms with E-state index in [1.54, 1.807) is 18.2 Å². The molecule has 6 nitrogen and oxygen atoms in total. The molecule has 0 heterocycles. The predicted octanol–water partition coefficient (Wildman–Crippen LogP) is 3.38. The second-order valence-corrected chi connectivity index (χ2v) is 6.53. The van der Waals surface area contributed by atoms with Gasteiger partial charge in [0.1, 0.15) is 11.6 Å². The number of anilines is 1. The zero-order chi connectivity index (χ0) is 22.2. The number of hydrogen-bond acceptors (Lipinski definition) is 3. The molecule has 0 radical (unpaired) electrons. The normalized spacial score (nSPS) is 10.3. The van der Waals surface area contributed by atoms with Crippen LogP contribution in [-0.4, -0.2) is 30.8 Å². The Balaban J connectivity index is 1.45. The Labute approximate surface area is 177 Å². The van der Waals surface area contributed by atoms with Crippen LogP contribution in [0.3, 0.4) is 0 Å². The minimum Gasteiger partial charge on any atom is -0.350 e. The molecule has 0 atom stereocenters. The fraction of sp³-hybridized carbons (Fsp3) is 0.0870. The van der Waals surface area contributed by atoms with Gasteiger partial charge in [0, 0.05) is 29.9 Å². The lowest BCUT2D eigenvalue weighted by atomic mass is 10.1. The standard InChI is InChI=1S/C23H19F2N3O3/c24-17-9-5-16(6-10-17)22(30)28-18-11-7-15(8-12-18)21(29)26-13-14-27-23(31)19-3-1-2-4-20(19)25/h1-12H,13-14H2,(H,26,29)(H,27,31)(H,28,30). The minimum atomic E-state index is -0.615. The number of amides is 3. The quantitative estimate of drug-likeness (QED) is 0.509. The van der Waals surface area contributed by atoms with Gasteiger partial charge in [-0.3, -0.25) is 14.4 Å². The third-order valence-corrected chi connectivity index (χ3v) is 4.33. The Morgan fingerprint density at radius 1 is 0.645 bits per heavy atom. The van der Waals surface area contributed by atoms with Gasteiger partial charge >= 0.3 is 0 Å². The van der Waals surface area contributed by atoms with E-state index in [2.05, 4.69) is 16.0 Å². The largest absolute Gasteiger partial charge is 0.350 e. The molecule has 3 aromatic rings. The van der Waals surface area contributed by atoms with Crippen LogP contribution in [0, 0.1) is 11.6 Å². The second-order valence-electron chi connectivity index (χ2n) is 6.53. The van der Waals surface area contributed by atoms with Crippen LogP contribution < -0.4 is 16.0 Å². The highest BCUT2D eigenvalue weighted by Gasteiger charge is 2.11. The Morgan fingerprint density at radius 3 is 1.84 bits per heavy atom. The summed E-state index contributed by atoms with van der Waals surface area (Å²) in [5, 5.41) is 7.83. The highest BCUT2D eigenvalue weighted by atomic mass is 19.1. The summed E-state index contributed by atoms with van der Waals surface area (Å²) in [7, 11) is 0. The molecule has 0 aliphatic rings. The van der Waals surface area contributed by atoms with E-state index in [4.69, 9.17) is 0 Å². The molecule has 8 heteroatoms. The van der Waals surface area contributed by atoms with Crippen LogP contribution in [0.2, 0.25) is 0 Å². The van der Waals surface area contributed by atoms with Crippen LogP contribution in [-0.2, 0) is 0 Å². The van der Waals surface area contributed by atoms with Crippen molar-refractivity contribution in [2.45, 2.75) is 0 Å². The first-order valence-corrected chi connectivity index (χ1v) is 9.42. The van der Waals surface area contributed by atoms with Crippen molar-refractivity contribution in [3.63, 3.8) is 0 Å². The van der Waals surface area contributed by atoms with Crippen molar-refractivity contribution < 1.29 is 23.2 Å². The second kappa shape index (κ2) is 10.1. The van der Waals surface area contributed by atoms with E-state index < -0.39 is 23.4 Å². The molecular weight excluding hydrogens is 404 g/mol. The first-order chi connectivity index (χ1) is 14.9. The lowest BCUT2D eigenvalue weighted by Crippen LogP contribution is -2.35. The molecule has 0 aromatic heterocycles. The molecule has 0 spiro atoms. The minimum absolute atomic E-state index is 0.0629. The first kappa shape index (κ1) is 21.6. The summed E-state index contributed by atoms with van der Waals surface area (Å²) in [6.45, 7) is 0.285. The molecule has 0 fully saturated rings. The zero-order valence-electron chi connectivity index (χ0n) is 16.3. The SMILES string of the molecule is O=C(NCCNC(=O)c1ccccc1F)c1ccc(NC(=O)c2ccc(F)cc2)cc1. The predicted molar refractivity (Wildman–Crippen MR) is 112 cm³/mol. The fourth-order valence-corrected chi connectivity index (χ4v) is 2.70. The smallest absolute Gasteiger partial charge is 0.255 e. The van der Waals surface area contributed by atoms with Crippen LogP contribution >= 0.6 is 0 Å². The number of hydrogen-bond donors (Lipinski definition) is 3. The molecule has 3 N–H and O–H groups in total. The molecule has 0 aliphatic heterocycles. The Morgan fingerprint density at radius 2 is 1.19 bits per heavy atom. The summed E-state index contributed by atoms with van der Waals surface area (Å²) in [6.07, 6.45) is 0. The van der Waals surface area contributed by atoms with Gasteiger partial charge in [-0.25, -0.2) is 8.78 Å². The molecule has 0 saturated heterocycles. The topological polar surface area (TPSA) is 87.3 Å². The third kappa shape index (κ3) is 5.96. The molecule has 0 saturated carbocycles. The van der Waals surface area contributed by atoms with E-state index in [1.807, 2.05) is 0 Å². The Kier molecular flexibility index (Phi) is 7.05. The van der Waals surface area contributed by atoms with E-state index in [0.717, 1.165) is 0 Å². The van der Waals surface area contributed by atoms with Gasteiger partial charge in [0.05, 0.1) is 5.56 Å². The van der Waals surface area contributed by atoms with Crippen molar-refractivity contribution >= 4 is 23.4 Å². The zero-order valence-corrected chi connectivity index (χ0v) is 16.3. The maximum atomic E-state index is 13.6. The van der Waals surface area contributed by atoms with Gasteiger partial charge in [-0.2, -0.15) is 0 Å². The van der Waals surface area contributed by atoms with E-state index in [-0.39, 0.29) is 24.6 Å². The molecule has 0 unspecified atom stereocenters. The average molecular weight is 423 g/mol. The maximum absolute atomic E-state index is 13.6. The van der Waals surface area contributed by atoms with Gasteiger partial charge in [-0.1, -0.05) is 12.1 Å². The van der Waals surface area contributed by atoms with Crippen molar-refractivity contribution in [2.75, 3.05) is 18.4 Å². The summed E-state index contributed by atoms with van der Waals surface area (Å²) < 4.78 is 26.5. The van der Waals surface area contributed by atoms with E-state index in [0.29, 0.717) is 16.8 Å². The molecular formula is C23H19F2N3O3. The summed E-state index contributed by atoms with van der Waals surface area (Å²) >= 11 is 0. The maximum Gasteiger partial charge on any atom is 0.255 e. The van der Waals surface area contributed by atoms with Crippen molar-refractivity contribution in [1.82, 2.24) is 10.6 Å². The number of halogens is 2. The summed E-state index contributed by atoms with van der Waals surface area (Å²) in [5.74, 6) is -2.37. The molecule has 158 valence electrons. The van der Waals surface area contributed by atoms with Crippen LogP contribution in [0.1, 0.15) is 31.1 Å². The number of benzene rings is 3. The van der Waals surface area contributed by atoms with E-state index in [1.165, 1.54) is 54.6 Å². The van der Waals surface area contributed by atoms with E-state index in [9.17, 15) is 23.2 Å². The van der Waals surface area contributed by atoms with Crippen molar-refractivity contribution in [1.29, 1.82) is 0 Å². The number of rotatable bonds is 7. The lowest BCUT2D eigenvalue weighted by molar-refractivity contribution is 0.0925. The number of carbonyl (C=O) groups is 3. The van der Waals surface area contributed by atoms with Gasteiger partial charge in [0.15, 0.2) is 0 Å². The van der Waals surface area contributed by atoms with Gasteiger partial charge in [0.2, 0.25) is 0 Å². The van der Waals surface area contributed by atoms with Crippen molar-refractivity contribution in [3.8, 4) is 0 Å². The first-order valence-electron chi connectivity index (χ1n) is 9.42. The lowest BCUT2D eigenvalue weighted by Gasteiger charge is -2.09. The van der Waals surface area contributed by atoms with Gasteiger partial charge in [-0.05, 0) is 60.7 Å². The summed E-state index contributed by atoms with van der Waals surface area (Å²) in [5.41, 5.74) is 1.08. The Hall–Kier alpha value is -4.07. The highest BCUT2D eigenvalue weighted by Crippen LogP contribution is 2.12. The van der Waals surface area contributed by atoms with Gasteiger partial charge in [0.25, 0.3) is 17.7 Å². The molecule has 31 heavy (non-hydrogen) atoms. The van der Waals surface area contributed by atoms with E-state index >= 15 is 0 Å². The molecule has 0 bridgehead atoms. The van der Waals surface area contributed by atoms with Crippen LogP contribution in [0.25, 0.3) is 0 Å². The van der Waals surface area contributed by atoms with Gasteiger partial charge in [-0.15, -0.1) is 0 Å². The molecule has 0 aliphatic carbocycles. The molecule has 3 aromatic carbocycles. The van der Waals surface area contributed by atoms with Crippen molar-refractivity contribution in [2.24, 2.45) is 0 Å². The van der Waals surface area contributed by atoms with Crippen LogP contribution in [0.5, 0.6) is 0 Å². The Bertz CT molecular complexity index is 1080. The van der Waals surface area contributed by atoms with Gasteiger partial charge < -0.3 is 16.0 Å². The number of nitrogens with one attached hydrogen (secondary N) is 3. The summed E-state index contributed by atoms with van der Waals surface area (Å²) in [4.78, 5) is 36.2. The fourth-order valence-electron chi connectivity index (χ4n) is 2.70. The summed E-state index contributed by atoms with van der Waals surface area (Å²) in [6, 6.07) is 17.0. The van der Waals surface area contributed by atoms with Crippen LogP contribution in [0.4, 0.5) is 14.5 Å². The average Bonchev–Trinajstić information content (AvgIpc) is 2.77. The molecule has 3 amide bonds. The third-order valence-electron chi connectivity index (χ3n) is 4.33. The molecule has 3 rings (SSSR count). The number of carbonyl (C=O) groups excluding carboxylic acids is 3. The highest BCUT2D eigenvalue weighted by molar-refractivity contribution is 6.04. The monoisotopic (exact) mass is 423 g/mol. The van der Waals surface area contributed by atoms with Crippen molar-refractivity contribution in [3.05, 3.63) is 101 Å².